The molecular weight excluding hydrogens is 305 g/mol. The van der Waals surface area contributed by atoms with E-state index in [1.807, 2.05) is 31.2 Å². The minimum atomic E-state index is -4.41. The third-order valence-corrected chi connectivity index (χ3v) is 4.13. The van der Waals surface area contributed by atoms with Crippen LogP contribution in [0.15, 0.2) is 52.3 Å². The highest BCUT2D eigenvalue weighted by Crippen LogP contribution is 2.40. The molecule has 0 bridgehead atoms. The number of hydrogen-bond donors (Lipinski definition) is 0. The Labute approximate surface area is 125 Å². The van der Waals surface area contributed by atoms with E-state index in [4.69, 9.17) is 11.6 Å². The van der Waals surface area contributed by atoms with E-state index in [1.54, 1.807) is 0 Å². The van der Waals surface area contributed by atoms with Gasteiger partial charge in [-0.3, -0.25) is 0 Å². The monoisotopic (exact) mass is 316 g/mol. The van der Waals surface area contributed by atoms with Crippen molar-refractivity contribution in [3.05, 3.63) is 58.6 Å². The first-order chi connectivity index (χ1) is 9.40. The molecule has 0 spiro atoms. The second-order valence-corrected chi connectivity index (χ2v) is 5.79. The van der Waals surface area contributed by atoms with Gasteiger partial charge in [0.15, 0.2) is 0 Å². The van der Waals surface area contributed by atoms with Crippen molar-refractivity contribution < 1.29 is 13.2 Å². The second kappa shape index (κ2) is 6.10. The first kappa shape index (κ1) is 15.3. The van der Waals surface area contributed by atoms with Gasteiger partial charge in [0.1, 0.15) is 0 Å². The molecule has 0 amide bonds. The topological polar surface area (TPSA) is 0 Å². The Hall–Kier alpha value is -1.13. The SMILES string of the molecule is CCc1ccc(Sc2ccc(Cl)cc2C(F)(F)F)cc1. The molecule has 0 saturated heterocycles. The molecule has 0 nitrogen and oxygen atoms in total. The molecule has 20 heavy (non-hydrogen) atoms. The smallest absolute Gasteiger partial charge is 0.166 e. The van der Waals surface area contributed by atoms with Crippen LogP contribution < -0.4 is 0 Å². The number of aryl methyl sites for hydroxylation is 1. The van der Waals surface area contributed by atoms with Crippen LogP contribution in [0.5, 0.6) is 0 Å². The van der Waals surface area contributed by atoms with E-state index in [1.165, 1.54) is 12.1 Å². The Morgan fingerprint density at radius 1 is 1.05 bits per heavy atom. The largest absolute Gasteiger partial charge is 0.417 e. The van der Waals surface area contributed by atoms with E-state index in [0.717, 1.165) is 34.7 Å². The number of hydrogen-bond acceptors (Lipinski definition) is 1. The minimum absolute atomic E-state index is 0.0861. The molecule has 0 radical (unpaired) electrons. The minimum Gasteiger partial charge on any atom is -0.166 e. The Morgan fingerprint density at radius 2 is 1.70 bits per heavy atom. The Kier molecular flexibility index (Phi) is 4.66. The van der Waals surface area contributed by atoms with E-state index in [-0.39, 0.29) is 9.92 Å². The fourth-order valence-corrected chi connectivity index (χ4v) is 2.85. The van der Waals surface area contributed by atoms with Gasteiger partial charge in [-0.1, -0.05) is 42.4 Å². The van der Waals surface area contributed by atoms with Crippen molar-refractivity contribution in [2.45, 2.75) is 29.3 Å². The summed E-state index contributed by atoms with van der Waals surface area (Å²) in [5, 5.41) is 0.0861. The van der Waals surface area contributed by atoms with Gasteiger partial charge >= 0.3 is 6.18 Å². The average molecular weight is 317 g/mol. The first-order valence-corrected chi connectivity index (χ1v) is 7.23. The molecule has 106 valence electrons. The molecule has 0 aliphatic carbocycles. The van der Waals surface area contributed by atoms with Crippen LogP contribution in [0.1, 0.15) is 18.1 Å². The highest BCUT2D eigenvalue weighted by Gasteiger charge is 2.33. The van der Waals surface area contributed by atoms with Gasteiger partial charge in [-0.05, 0) is 42.3 Å². The van der Waals surface area contributed by atoms with Crippen LogP contribution in [0.3, 0.4) is 0 Å². The van der Waals surface area contributed by atoms with Crippen molar-refractivity contribution in [3.63, 3.8) is 0 Å². The molecule has 0 heterocycles. The zero-order valence-electron chi connectivity index (χ0n) is 10.7. The Morgan fingerprint density at radius 3 is 2.25 bits per heavy atom. The van der Waals surface area contributed by atoms with Crippen molar-refractivity contribution in [3.8, 4) is 0 Å². The predicted octanol–water partition coefficient (Wildman–Crippen LogP) is 6.07. The lowest BCUT2D eigenvalue weighted by Crippen LogP contribution is -2.06. The van der Waals surface area contributed by atoms with Crippen LogP contribution >= 0.6 is 23.4 Å². The molecule has 0 aromatic heterocycles. The van der Waals surface area contributed by atoms with Crippen LogP contribution in [0.25, 0.3) is 0 Å². The summed E-state index contributed by atoms with van der Waals surface area (Å²) in [6, 6.07) is 11.3. The van der Waals surface area contributed by atoms with Gasteiger partial charge in [-0.15, -0.1) is 0 Å². The number of halogens is 4. The fraction of sp³-hybridized carbons (Fsp3) is 0.200. The van der Waals surface area contributed by atoms with Gasteiger partial charge in [-0.2, -0.15) is 13.2 Å². The van der Waals surface area contributed by atoms with Crippen LogP contribution in [0.2, 0.25) is 5.02 Å². The van der Waals surface area contributed by atoms with Crippen LogP contribution in [-0.4, -0.2) is 0 Å². The van der Waals surface area contributed by atoms with E-state index in [2.05, 4.69) is 0 Å². The third-order valence-electron chi connectivity index (χ3n) is 2.81. The maximum Gasteiger partial charge on any atom is 0.417 e. The molecule has 0 saturated carbocycles. The summed E-state index contributed by atoms with van der Waals surface area (Å²) in [5.41, 5.74) is 0.455. The molecular formula is C15H12ClF3S. The van der Waals surface area contributed by atoms with Crippen LogP contribution in [0.4, 0.5) is 13.2 Å². The fourth-order valence-electron chi connectivity index (χ4n) is 1.73. The quantitative estimate of drug-likeness (QED) is 0.662. The summed E-state index contributed by atoms with van der Waals surface area (Å²) in [6.07, 6.45) is -3.50. The number of rotatable bonds is 3. The average Bonchev–Trinajstić information content (AvgIpc) is 2.40. The van der Waals surface area contributed by atoms with Gasteiger partial charge in [0.2, 0.25) is 0 Å². The van der Waals surface area contributed by atoms with Crippen LogP contribution in [-0.2, 0) is 12.6 Å². The van der Waals surface area contributed by atoms with E-state index < -0.39 is 11.7 Å². The number of benzene rings is 2. The molecule has 2 aromatic rings. The predicted molar refractivity (Wildman–Crippen MR) is 76.4 cm³/mol. The number of alkyl halides is 3. The van der Waals surface area contributed by atoms with Gasteiger partial charge in [0.05, 0.1) is 5.56 Å². The van der Waals surface area contributed by atoms with Gasteiger partial charge in [-0.25, -0.2) is 0 Å². The Bertz CT molecular complexity index is 591. The summed E-state index contributed by atoms with van der Waals surface area (Å²) < 4.78 is 38.9. The molecule has 2 aromatic carbocycles. The molecule has 0 N–H and O–H groups in total. The highest BCUT2D eigenvalue weighted by atomic mass is 35.5. The highest BCUT2D eigenvalue weighted by molar-refractivity contribution is 7.99. The lowest BCUT2D eigenvalue weighted by atomic mass is 10.2. The van der Waals surface area contributed by atoms with Gasteiger partial charge in [0, 0.05) is 14.8 Å². The molecule has 0 aliphatic rings. The summed E-state index contributed by atoms with van der Waals surface area (Å²) in [5.74, 6) is 0. The lowest BCUT2D eigenvalue weighted by Gasteiger charge is -2.13. The Balaban J connectivity index is 2.32. The van der Waals surface area contributed by atoms with E-state index in [9.17, 15) is 13.2 Å². The zero-order chi connectivity index (χ0) is 14.8. The molecule has 0 aliphatic heterocycles. The van der Waals surface area contributed by atoms with Crippen molar-refractivity contribution in [2.75, 3.05) is 0 Å². The zero-order valence-corrected chi connectivity index (χ0v) is 12.2. The first-order valence-electron chi connectivity index (χ1n) is 6.03. The molecule has 0 atom stereocenters. The summed E-state index contributed by atoms with van der Waals surface area (Å²) in [4.78, 5) is 0.932. The van der Waals surface area contributed by atoms with E-state index in [0.29, 0.717) is 0 Å². The standard InChI is InChI=1S/C15H12ClF3S/c1-2-10-3-6-12(7-4-10)20-14-8-5-11(16)9-13(14)15(17,18)19/h3-9H,2H2,1H3. The second-order valence-electron chi connectivity index (χ2n) is 4.24. The van der Waals surface area contributed by atoms with Crippen LogP contribution in [0, 0.1) is 0 Å². The summed E-state index contributed by atoms with van der Waals surface area (Å²) in [7, 11) is 0. The molecule has 5 heteroatoms. The lowest BCUT2D eigenvalue weighted by molar-refractivity contribution is -0.139. The normalized spacial score (nSPS) is 11.7. The van der Waals surface area contributed by atoms with Crippen molar-refractivity contribution in [1.29, 1.82) is 0 Å². The van der Waals surface area contributed by atoms with Gasteiger partial charge < -0.3 is 0 Å². The third kappa shape index (κ3) is 3.70. The maximum absolute atomic E-state index is 13.0. The van der Waals surface area contributed by atoms with Crippen molar-refractivity contribution in [1.82, 2.24) is 0 Å². The maximum atomic E-state index is 13.0. The molecule has 0 unspecified atom stereocenters. The van der Waals surface area contributed by atoms with Crippen molar-refractivity contribution in [2.24, 2.45) is 0 Å². The molecule has 0 fully saturated rings. The summed E-state index contributed by atoms with van der Waals surface area (Å²) >= 11 is 6.75. The van der Waals surface area contributed by atoms with Gasteiger partial charge in [0.25, 0.3) is 0 Å². The van der Waals surface area contributed by atoms with E-state index >= 15 is 0 Å². The van der Waals surface area contributed by atoms with Crippen molar-refractivity contribution >= 4 is 23.4 Å². The summed E-state index contributed by atoms with van der Waals surface area (Å²) in [6.45, 7) is 2.03. The molecule has 2 rings (SSSR count).